The summed E-state index contributed by atoms with van der Waals surface area (Å²) in [6.45, 7) is -0.280. The molecule has 1 amide bonds. The maximum Gasteiger partial charge on any atom is 0.239 e. The Morgan fingerprint density at radius 1 is 1.39 bits per heavy atom. The highest BCUT2D eigenvalue weighted by molar-refractivity contribution is 7.88. The van der Waals surface area contributed by atoms with E-state index in [4.69, 9.17) is 23.2 Å². The Morgan fingerprint density at radius 2 is 2.00 bits per heavy atom. The van der Waals surface area contributed by atoms with Crippen LogP contribution in [0, 0.1) is 0 Å². The number of likely N-dealkylation sites (N-methyl/N-ethyl adjacent to an activating group) is 1. The van der Waals surface area contributed by atoms with Gasteiger partial charge < -0.3 is 5.32 Å². The summed E-state index contributed by atoms with van der Waals surface area (Å²) in [6.07, 6.45) is 1.02. The summed E-state index contributed by atoms with van der Waals surface area (Å²) in [5.74, 6) is -0.479. The molecule has 1 aromatic carbocycles. The van der Waals surface area contributed by atoms with Crippen LogP contribution in [-0.2, 0) is 14.8 Å². The minimum atomic E-state index is -3.39. The molecular weight excluding hydrogens is 299 g/mol. The molecule has 0 aromatic heterocycles. The van der Waals surface area contributed by atoms with Gasteiger partial charge in [0, 0.05) is 12.1 Å². The van der Waals surface area contributed by atoms with E-state index in [9.17, 15) is 13.2 Å². The molecule has 0 saturated carbocycles. The number of nitrogens with zero attached hydrogens (tertiary/aromatic N) is 1. The Morgan fingerprint density at radius 3 is 2.50 bits per heavy atom. The zero-order valence-corrected chi connectivity index (χ0v) is 12.1. The molecule has 1 aromatic rings. The van der Waals surface area contributed by atoms with Crippen LogP contribution in [0.5, 0.6) is 0 Å². The monoisotopic (exact) mass is 310 g/mol. The van der Waals surface area contributed by atoms with Crippen LogP contribution in [0.4, 0.5) is 5.69 Å². The van der Waals surface area contributed by atoms with Crippen LogP contribution in [0.1, 0.15) is 0 Å². The zero-order chi connectivity index (χ0) is 13.9. The summed E-state index contributed by atoms with van der Waals surface area (Å²) in [6, 6.07) is 4.60. The van der Waals surface area contributed by atoms with Crippen LogP contribution in [0.25, 0.3) is 0 Å². The van der Waals surface area contributed by atoms with Gasteiger partial charge in [-0.15, -0.1) is 0 Å². The highest BCUT2D eigenvalue weighted by Gasteiger charge is 2.15. The summed E-state index contributed by atoms with van der Waals surface area (Å²) >= 11 is 11.6. The molecular formula is C10H12Cl2N2O3S. The lowest BCUT2D eigenvalue weighted by Gasteiger charge is -2.14. The van der Waals surface area contributed by atoms with E-state index in [-0.39, 0.29) is 11.6 Å². The standard InChI is InChI=1S/C10H12Cl2N2O3S/c1-14(18(2,16)17)6-10(15)13-9-4-3-7(11)5-8(9)12/h3-5H,6H2,1-2H3,(H,13,15). The van der Waals surface area contributed by atoms with Crippen molar-refractivity contribution in [1.29, 1.82) is 0 Å². The summed E-state index contributed by atoms with van der Waals surface area (Å²) in [5, 5.41) is 3.24. The molecule has 0 aliphatic carbocycles. The molecule has 100 valence electrons. The van der Waals surface area contributed by atoms with Crippen LogP contribution in [0.2, 0.25) is 10.0 Å². The van der Waals surface area contributed by atoms with Crippen molar-refractivity contribution in [2.75, 3.05) is 25.2 Å². The van der Waals surface area contributed by atoms with Crippen LogP contribution >= 0.6 is 23.2 Å². The van der Waals surface area contributed by atoms with Crippen LogP contribution in [0.3, 0.4) is 0 Å². The molecule has 0 aliphatic heterocycles. The molecule has 8 heteroatoms. The van der Waals surface area contributed by atoms with Crippen molar-refractivity contribution in [1.82, 2.24) is 4.31 Å². The van der Waals surface area contributed by atoms with Gasteiger partial charge in [0.15, 0.2) is 0 Å². The number of amides is 1. The van der Waals surface area contributed by atoms with Gasteiger partial charge in [-0.05, 0) is 18.2 Å². The molecule has 1 N–H and O–H groups in total. The largest absolute Gasteiger partial charge is 0.324 e. The molecule has 0 fully saturated rings. The number of sulfonamides is 1. The Labute approximate surface area is 116 Å². The van der Waals surface area contributed by atoms with Crippen molar-refractivity contribution in [2.24, 2.45) is 0 Å². The molecule has 1 rings (SSSR count). The summed E-state index contributed by atoms with van der Waals surface area (Å²) in [4.78, 5) is 11.6. The van der Waals surface area contributed by atoms with Gasteiger partial charge in [-0.25, -0.2) is 8.42 Å². The first kappa shape index (κ1) is 15.2. The van der Waals surface area contributed by atoms with E-state index in [1.165, 1.54) is 13.1 Å². The van der Waals surface area contributed by atoms with Gasteiger partial charge in [0.25, 0.3) is 0 Å². The van der Waals surface area contributed by atoms with E-state index >= 15 is 0 Å². The van der Waals surface area contributed by atoms with Crippen LogP contribution < -0.4 is 5.32 Å². The Balaban J connectivity index is 2.71. The lowest BCUT2D eigenvalue weighted by atomic mass is 10.3. The minimum absolute atomic E-state index is 0.280. The zero-order valence-electron chi connectivity index (χ0n) is 9.78. The van der Waals surface area contributed by atoms with Crippen molar-refractivity contribution in [3.8, 4) is 0 Å². The number of hydrogen-bond acceptors (Lipinski definition) is 3. The van der Waals surface area contributed by atoms with E-state index in [2.05, 4.69) is 5.32 Å². The number of hydrogen-bond donors (Lipinski definition) is 1. The van der Waals surface area contributed by atoms with Crippen molar-refractivity contribution >= 4 is 44.8 Å². The smallest absolute Gasteiger partial charge is 0.239 e. The Hall–Kier alpha value is -0.820. The van der Waals surface area contributed by atoms with E-state index in [0.717, 1.165) is 10.6 Å². The average Bonchev–Trinajstić information content (AvgIpc) is 2.20. The first-order valence-electron chi connectivity index (χ1n) is 4.86. The molecule has 0 radical (unpaired) electrons. The lowest BCUT2D eigenvalue weighted by Crippen LogP contribution is -2.34. The van der Waals surface area contributed by atoms with Gasteiger partial charge in [-0.3, -0.25) is 4.79 Å². The SMILES string of the molecule is CN(CC(=O)Nc1ccc(Cl)cc1Cl)S(C)(=O)=O. The fourth-order valence-corrected chi connectivity index (χ4v) is 1.91. The van der Waals surface area contributed by atoms with E-state index in [1.54, 1.807) is 12.1 Å². The first-order chi connectivity index (χ1) is 8.20. The minimum Gasteiger partial charge on any atom is -0.324 e. The van der Waals surface area contributed by atoms with Gasteiger partial charge in [0.1, 0.15) is 0 Å². The summed E-state index contributed by atoms with van der Waals surface area (Å²) < 4.78 is 23.2. The van der Waals surface area contributed by atoms with Crippen LogP contribution in [-0.4, -0.2) is 38.5 Å². The van der Waals surface area contributed by atoms with Crippen LogP contribution in [0.15, 0.2) is 18.2 Å². The molecule has 0 bridgehead atoms. The average molecular weight is 311 g/mol. The highest BCUT2D eigenvalue weighted by Crippen LogP contribution is 2.25. The van der Waals surface area contributed by atoms with Gasteiger partial charge in [-0.1, -0.05) is 23.2 Å². The number of halogens is 2. The second-order valence-electron chi connectivity index (χ2n) is 3.69. The number of anilines is 1. The van der Waals surface area contributed by atoms with Crippen molar-refractivity contribution in [3.05, 3.63) is 28.2 Å². The highest BCUT2D eigenvalue weighted by atomic mass is 35.5. The predicted molar refractivity (Wildman–Crippen MR) is 72.6 cm³/mol. The Kier molecular flexibility index (Phi) is 4.98. The fraction of sp³-hybridized carbons (Fsp3) is 0.300. The normalized spacial score (nSPS) is 11.6. The lowest BCUT2D eigenvalue weighted by molar-refractivity contribution is -0.116. The van der Waals surface area contributed by atoms with Gasteiger partial charge in [-0.2, -0.15) is 4.31 Å². The molecule has 0 saturated heterocycles. The van der Waals surface area contributed by atoms with Crippen molar-refractivity contribution in [3.63, 3.8) is 0 Å². The maximum absolute atomic E-state index is 11.6. The number of carbonyl (C=O) groups excluding carboxylic acids is 1. The second-order valence-corrected chi connectivity index (χ2v) is 6.62. The quantitative estimate of drug-likeness (QED) is 0.922. The van der Waals surface area contributed by atoms with Crippen molar-refractivity contribution < 1.29 is 13.2 Å². The van der Waals surface area contributed by atoms with Gasteiger partial charge >= 0.3 is 0 Å². The topological polar surface area (TPSA) is 66.5 Å². The van der Waals surface area contributed by atoms with Crippen molar-refractivity contribution in [2.45, 2.75) is 0 Å². The molecule has 0 unspecified atom stereocenters. The summed E-state index contributed by atoms with van der Waals surface area (Å²) in [5.41, 5.74) is 0.382. The molecule has 0 aliphatic rings. The van der Waals surface area contributed by atoms with E-state index in [0.29, 0.717) is 10.7 Å². The number of rotatable bonds is 4. The molecule has 0 heterocycles. The van der Waals surface area contributed by atoms with E-state index in [1.807, 2.05) is 0 Å². The van der Waals surface area contributed by atoms with Gasteiger partial charge in [0.2, 0.25) is 15.9 Å². The third-order valence-corrected chi connectivity index (χ3v) is 3.95. The number of nitrogens with one attached hydrogen (secondary N) is 1. The molecule has 5 nitrogen and oxygen atoms in total. The van der Waals surface area contributed by atoms with E-state index < -0.39 is 15.9 Å². The molecule has 0 spiro atoms. The number of benzene rings is 1. The summed E-state index contributed by atoms with van der Waals surface area (Å²) in [7, 11) is -2.07. The fourth-order valence-electron chi connectivity index (χ4n) is 1.10. The first-order valence-corrected chi connectivity index (χ1v) is 7.47. The molecule has 18 heavy (non-hydrogen) atoms. The third kappa shape index (κ3) is 4.45. The molecule has 0 atom stereocenters. The van der Waals surface area contributed by atoms with Gasteiger partial charge in [0.05, 0.1) is 23.5 Å². The Bertz CT molecular complexity index is 560. The predicted octanol–water partition coefficient (Wildman–Crippen LogP) is 1.82. The number of carbonyl (C=O) groups is 1. The second kappa shape index (κ2) is 5.88. The maximum atomic E-state index is 11.6. The third-order valence-electron chi connectivity index (χ3n) is 2.14.